The molecule has 1 aromatic rings. The molecule has 0 bridgehead atoms. The van der Waals surface area contributed by atoms with Gasteiger partial charge in [0.2, 0.25) is 6.41 Å². The van der Waals surface area contributed by atoms with Crippen LogP contribution in [-0.2, 0) is 17.8 Å². The Balaban J connectivity index is 1.87. The van der Waals surface area contributed by atoms with Crippen LogP contribution in [0, 0.1) is 0 Å². The summed E-state index contributed by atoms with van der Waals surface area (Å²) in [5.74, 6) is -0.456. The molecule has 2 amide bonds. The summed E-state index contributed by atoms with van der Waals surface area (Å²) in [4.78, 5) is 25.9. The van der Waals surface area contributed by atoms with Gasteiger partial charge in [0.05, 0.1) is 5.56 Å². The van der Waals surface area contributed by atoms with Crippen LogP contribution in [0.2, 0.25) is 0 Å². The maximum absolute atomic E-state index is 11.6. The van der Waals surface area contributed by atoms with Crippen LogP contribution in [-0.4, -0.2) is 42.9 Å². The van der Waals surface area contributed by atoms with E-state index in [1.165, 1.54) is 17.8 Å². The van der Waals surface area contributed by atoms with Crippen molar-refractivity contribution in [2.75, 3.05) is 25.0 Å². The average Bonchev–Trinajstić information content (AvgIpc) is 3.05. The van der Waals surface area contributed by atoms with E-state index < -0.39 is 5.91 Å². The van der Waals surface area contributed by atoms with E-state index in [4.69, 9.17) is 5.73 Å². The molecule has 7 heteroatoms. The van der Waals surface area contributed by atoms with Crippen molar-refractivity contribution in [3.05, 3.63) is 16.0 Å². The number of carbonyl (C=O) groups is 2. The summed E-state index contributed by atoms with van der Waals surface area (Å²) in [5.41, 5.74) is 6.98. The number of nitrogens with one attached hydrogen (secondary N) is 2. The highest BCUT2D eigenvalue weighted by Gasteiger charge is 2.30. The van der Waals surface area contributed by atoms with E-state index in [1.807, 2.05) is 0 Å². The lowest BCUT2D eigenvalue weighted by molar-refractivity contribution is -0.105. The summed E-state index contributed by atoms with van der Waals surface area (Å²) in [6, 6.07) is 0.574. The van der Waals surface area contributed by atoms with Crippen LogP contribution in [0.15, 0.2) is 0 Å². The van der Waals surface area contributed by atoms with Gasteiger partial charge in [-0.05, 0) is 24.9 Å². The van der Waals surface area contributed by atoms with Gasteiger partial charge in [0.15, 0.2) is 0 Å². The van der Waals surface area contributed by atoms with Crippen molar-refractivity contribution < 1.29 is 9.59 Å². The zero-order valence-corrected chi connectivity index (χ0v) is 12.0. The Morgan fingerprint density at radius 3 is 3.05 bits per heavy atom. The van der Waals surface area contributed by atoms with E-state index in [-0.39, 0.29) is 0 Å². The topological polar surface area (TPSA) is 87.5 Å². The van der Waals surface area contributed by atoms with Crippen LogP contribution < -0.4 is 16.4 Å². The highest BCUT2D eigenvalue weighted by atomic mass is 32.1. The van der Waals surface area contributed by atoms with Gasteiger partial charge in [-0.2, -0.15) is 0 Å². The minimum absolute atomic E-state index is 0.456. The Morgan fingerprint density at radius 2 is 2.40 bits per heavy atom. The summed E-state index contributed by atoms with van der Waals surface area (Å²) in [7, 11) is 0. The van der Waals surface area contributed by atoms with Gasteiger partial charge in [-0.3, -0.25) is 14.5 Å². The Hall–Kier alpha value is -1.44. The number of hydrogen-bond donors (Lipinski definition) is 3. The molecule has 20 heavy (non-hydrogen) atoms. The summed E-state index contributed by atoms with van der Waals surface area (Å²) < 4.78 is 0. The van der Waals surface area contributed by atoms with Gasteiger partial charge < -0.3 is 16.4 Å². The smallest absolute Gasteiger partial charge is 0.251 e. The number of fused-ring (bicyclic) bond motifs is 1. The number of anilines is 1. The lowest BCUT2D eigenvalue weighted by atomic mass is 10.0. The van der Waals surface area contributed by atoms with Gasteiger partial charge in [0.25, 0.3) is 5.91 Å². The van der Waals surface area contributed by atoms with Gasteiger partial charge in [-0.25, -0.2) is 0 Å². The predicted molar refractivity (Wildman–Crippen MR) is 77.9 cm³/mol. The quantitative estimate of drug-likeness (QED) is 0.689. The van der Waals surface area contributed by atoms with E-state index in [0.717, 1.165) is 43.0 Å². The molecule has 0 aliphatic carbocycles. The first-order chi connectivity index (χ1) is 9.70. The predicted octanol–water partition coefficient (Wildman–Crippen LogP) is 0.135. The van der Waals surface area contributed by atoms with E-state index in [0.29, 0.717) is 23.0 Å². The van der Waals surface area contributed by atoms with Gasteiger partial charge in [0.1, 0.15) is 5.00 Å². The third-order valence-corrected chi connectivity index (χ3v) is 5.22. The molecule has 1 fully saturated rings. The molecule has 1 saturated heterocycles. The van der Waals surface area contributed by atoms with Crippen molar-refractivity contribution in [3.63, 3.8) is 0 Å². The summed E-state index contributed by atoms with van der Waals surface area (Å²) in [5, 5.41) is 6.57. The molecule has 1 atom stereocenters. The zero-order valence-electron chi connectivity index (χ0n) is 11.1. The molecule has 2 aliphatic heterocycles. The highest BCUT2D eigenvalue weighted by Crippen LogP contribution is 2.37. The minimum atomic E-state index is -0.456. The number of thiophene rings is 1. The Bertz CT molecular complexity index is 537. The number of nitrogens with zero attached hydrogens (tertiary/aromatic N) is 1. The first-order valence-electron chi connectivity index (χ1n) is 6.80. The molecule has 0 radical (unpaired) electrons. The number of carbonyl (C=O) groups excluding carboxylic acids is 2. The second-order valence-electron chi connectivity index (χ2n) is 5.20. The first kappa shape index (κ1) is 13.5. The fourth-order valence-corrected chi connectivity index (χ4v) is 4.34. The maximum Gasteiger partial charge on any atom is 0.251 e. The van der Waals surface area contributed by atoms with Crippen LogP contribution in [0.3, 0.4) is 0 Å². The summed E-state index contributed by atoms with van der Waals surface area (Å²) in [6.07, 6.45) is 2.59. The molecule has 6 nitrogen and oxygen atoms in total. The van der Waals surface area contributed by atoms with Crippen molar-refractivity contribution in [2.45, 2.75) is 25.4 Å². The van der Waals surface area contributed by atoms with Crippen LogP contribution in [0.4, 0.5) is 5.00 Å². The molecule has 1 unspecified atom stereocenters. The minimum Gasteiger partial charge on any atom is -0.365 e. The lowest BCUT2D eigenvalue weighted by Crippen LogP contribution is -2.40. The second kappa shape index (κ2) is 5.51. The van der Waals surface area contributed by atoms with Crippen molar-refractivity contribution >= 4 is 28.7 Å². The van der Waals surface area contributed by atoms with Crippen molar-refractivity contribution in [3.8, 4) is 0 Å². The largest absolute Gasteiger partial charge is 0.365 e. The Kier molecular flexibility index (Phi) is 3.73. The standard InChI is InChI=1S/C13H18N4O2S/c14-12(19)11-9-2-4-17(8-1-3-15-5-8)6-10(9)20-13(11)16-7-18/h7-8,15H,1-6H2,(H2,14,19)(H,16,18). The van der Waals surface area contributed by atoms with Crippen LogP contribution in [0.5, 0.6) is 0 Å². The van der Waals surface area contributed by atoms with E-state index in [1.54, 1.807) is 0 Å². The normalized spacial score (nSPS) is 22.5. The number of primary amides is 1. The third kappa shape index (κ3) is 2.32. The SMILES string of the molecule is NC(=O)c1c(NC=O)sc2c1CCN(C1CCNC1)C2. The first-order valence-corrected chi connectivity index (χ1v) is 7.61. The number of hydrogen-bond acceptors (Lipinski definition) is 5. The molecule has 2 aliphatic rings. The van der Waals surface area contributed by atoms with E-state index in [9.17, 15) is 9.59 Å². The highest BCUT2D eigenvalue weighted by molar-refractivity contribution is 7.16. The molecular formula is C13H18N4O2S. The van der Waals surface area contributed by atoms with Crippen LogP contribution in [0.25, 0.3) is 0 Å². The molecule has 1 aromatic heterocycles. The zero-order chi connectivity index (χ0) is 14.1. The second-order valence-corrected chi connectivity index (χ2v) is 6.31. The number of rotatable bonds is 4. The van der Waals surface area contributed by atoms with Crippen LogP contribution in [0.1, 0.15) is 27.2 Å². The molecule has 3 heterocycles. The van der Waals surface area contributed by atoms with Crippen molar-refractivity contribution in [2.24, 2.45) is 5.73 Å². The maximum atomic E-state index is 11.6. The van der Waals surface area contributed by atoms with Crippen molar-refractivity contribution in [1.29, 1.82) is 0 Å². The Labute approximate surface area is 121 Å². The van der Waals surface area contributed by atoms with Gasteiger partial charge in [-0.15, -0.1) is 11.3 Å². The number of amides is 2. The third-order valence-electron chi connectivity index (χ3n) is 4.07. The average molecular weight is 294 g/mol. The lowest BCUT2D eigenvalue weighted by Gasteiger charge is -2.31. The number of nitrogens with two attached hydrogens (primary N) is 1. The molecule has 3 rings (SSSR count). The van der Waals surface area contributed by atoms with Gasteiger partial charge >= 0.3 is 0 Å². The van der Waals surface area contributed by atoms with E-state index in [2.05, 4.69) is 15.5 Å². The fraction of sp³-hybridized carbons (Fsp3) is 0.538. The molecular weight excluding hydrogens is 276 g/mol. The van der Waals surface area contributed by atoms with Crippen LogP contribution >= 0.6 is 11.3 Å². The Morgan fingerprint density at radius 1 is 1.55 bits per heavy atom. The monoisotopic (exact) mass is 294 g/mol. The van der Waals surface area contributed by atoms with Gasteiger partial charge in [0, 0.05) is 30.6 Å². The molecule has 4 N–H and O–H groups in total. The summed E-state index contributed by atoms with van der Waals surface area (Å²) >= 11 is 1.47. The molecule has 0 aromatic carbocycles. The van der Waals surface area contributed by atoms with E-state index >= 15 is 0 Å². The van der Waals surface area contributed by atoms with Crippen molar-refractivity contribution in [1.82, 2.24) is 10.2 Å². The molecule has 0 spiro atoms. The van der Waals surface area contributed by atoms with Gasteiger partial charge in [-0.1, -0.05) is 0 Å². The molecule has 0 saturated carbocycles. The summed E-state index contributed by atoms with van der Waals surface area (Å²) in [6.45, 7) is 3.88. The fourth-order valence-electron chi connectivity index (χ4n) is 3.10. The molecule has 108 valence electrons.